The third-order valence-corrected chi connectivity index (χ3v) is 2.94. The number of nitrogens with zero attached hydrogens (tertiary/aromatic N) is 2. The van der Waals surface area contributed by atoms with E-state index >= 15 is 0 Å². The van der Waals surface area contributed by atoms with E-state index in [2.05, 4.69) is 15.8 Å². The number of hydrogen-bond donors (Lipinski definition) is 2. The molecule has 0 saturated carbocycles. The first-order valence-corrected chi connectivity index (χ1v) is 6.15. The van der Waals surface area contributed by atoms with E-state index in [1.807, 2.05) is 6.07 Å². The third-order valence-electron chi connectivity index (χ3n) is 2.94. The maximum Gasteiger partial charge on any atom is 0.274 e. The maximum atomic E-state index is 12.0. The van der Waals surface area contributed by atoms with E-state index in [0.717, 1.165) is 0 Å². The van der Waals surface area contributed by atoms with Crippen molar-refractivity contribution in [1.82, 2.24) is 5.43 Å². The Morgan fingerprint density at radius 1 is 1.43 bits per heavy atom. The summed E-state index contributed by atoms with van der Waals surface area (Å²) in [5.41, 5.74) is 2.45. The molecule has 2 N–H and O–H groups in total. The summed E-state index contributed by atoms with van der Waals surface area (Å²) in [5, 5.41) is 15.2. The lowest BCUT2D eigenvalue weighted by molar-refractivity contribution is -0.121. The molecule has 0 saturated heterocycles. The van der Waals surface area contributed by atoms with Gasteiger partial charge in [-0.2, -0.15) is 10.4 Å². The number of carbonyl (C=O) groups excluding carboxylic acids is 3. The molecule has 0 fully saturated rings. The third kappa shape index (κ3) is 2.81. The van der Waals surface area contributed by atoms with Crippen molar-refractivity contribution in [3.05, 3.63) is 16.9 Å². The van der Waals surface area contributed by atoms with Crippen molar-refractivity contribution in [2.75, 3.05) is 5.32 Å². The van der Waals surface area contributed by atoms with Gasteiger partial charge in [-0.15, -0.1) is 0 Å². The number of furan rings is 1. The molecule has 0 radical (unpaired) electrons. The second-order valence-corrected chi connectivity index (χ2v) is 4.45. The predicted octanol–water partition coefficient (Wildman–Crippen LogP) is 0.867. The normalized spacial score (nSPS) is 14.0. The van der Waals surface area contributed by atoms with Crippen LogP contribution in [0.2, 0.25) is 0 Å². The largest absolute Gasteiger partial charge is 0.443 e. The Balaban J connectivity index is 2.27. The number of nitriles is 1. The fourth-order valence-corrected chi connectivity index (χ4v) is 1.98. The molecular formula is C13H12N4O4. The SMILES string of the molecule is CC(=O)c1c(C)oc(NC(=O)C2=NNC(=O)CC2)c1C#N. The van der Waals surface area contributed by atoms with Gasteiger partial charge < -0.3 is 4.42 Å². The van der Waals surface area contributed by atoms with Gasteiger partial charge >= 0.3 is 0 Å². The fraction of sp³-hybridized carbons (Fsp3) is 0.308. The molecule has 21 heavy (non-hydrogen) atoms. The van der Waals surface area contributed by atoms with E-state index in [-0.39, 0.29) is 53.0 Å². The molecule has 0 spiro atoms. The summed E-state index contributed by atoms with van der Waals surface area (Å²) >= 11 is 0. The highest BCUT2D eigenvalue weighted by Gasteiger charge is 2.25. The molecule has 1 aromatic heterocycles. The summed E-state index contributed by atoms with van der Waals surface area (Å²) in [6, 6.07) is 1.84. The summed E-state index contributed by atoms with van der Waals surface area (Å²) < 4.78 is 5.26. The molecule has 2 amide bonds. The van der Waals surface area contributed by atoms with E-state index < -0.39 is 5.91 Å². The molecule has 0 unspecified atom stereocenters. The molecule has 0 bridgehead atoms. The van der Waals surface area contributed by atoms with Crippen LogP contribution in [-0.4, -0.2) is 23.3 Å². The fourth-order valence-electron chi connectivity index (χ4n) is 1.98. The van der Waals surface area contributed by atoms with Gasteiger partial charge in [-0.25, -0.2) is 5.43 Å². The molecule has 1 aliphatic rings. The van der Waals surface area contributed by atoms with Crippen LogP contribution in [0.25, 0.3) is 0 Å². The Morgan fingerprint density at radius 2 is 2.14 bits per heavy atom. The Bertz CT molecular complexity index is 708. The first-order chi connectivity index (χ1) is 9.93. The summed E-state index contributed by atoms with van der Waals surface area (Å²) in [6.07, 6.45) is 0.353. The van der Waals surface area contributed by atoms with Crippen molar-refractivity contribution in [3.63, 3.8) is 0 Å². The van der Waals surface area contributed by atoms with Gasteiger partial charge in [0.15, 0.2) is 5.78 Å². The van der Waals surface area contributed by atoms with Gasteiger partial charge in [0.05, 0.1) is 5.56 Å². The summed E-state index contributed by atoms with van der Waals surface area (Å²) in [6.45, 7) is 2.84. The molecule has 108 valence electrons. The van der Waals surface area contributed by atoms with Gasteiger partial charge in [-0.3, -0.25) is 19.7 Å². The van der Waals surface area contributed by atoms with Gasteiger partial charge in [-0.1, -0.05) is 0 Å². The minimum Gasteiger partial charge on any atom is -0.443 e. The van der Waals surface area contributed by atoms with Crippen molar-refractivity contribution in [3.8, 4) is 6.07 Å². The van der Waals surface area contributed by atoms with Crippen molar-refractivity contribution in [2.45, 2.75) is 26.7 Å². The van der Waals surface area contributed by atoms with Crippen molar-refractivity contribution in [2.24, 2.45) is 5.10 Å². The molecule has 0 aromatic carbocycles. The molecule has 0 aliphatic carbocycles. The molecule has 2 heterocycles. The standard InChI is InChI=1S/C13H12N4O4/c1-6(18)11-7(2)21-13(8(11)5-14)15-12(20)9-3-4-10(19)17-16-9/h3-4H2,1-2H3,(H,15,20)(H,17,19). The van der Waals surface area contributed by atoms with Crippen molar-refractivity contribution < 1.29 is 18.8 Å². The number of amides is 2. The highest BCUT2D eigenvalue weighted by molar-refractivity contribution is 6.43. The zero-order valence-corrected chi connectivity index (χ0v) is 11.4. The Morgan fingerprint density at radius 3 is 2.67 bits per heavy atom. The number of rotatable bonds is 3. The smallest absolute Gasteiger partial charge is 0.274 e. The summed E-state index contributed by atoms with van der Waals surface area (Å²) in [7, 11) is 0. The van der Waals surface area contributed by atoms with Crippen LogP contribution >= 0.6 is 0 Å². The van der Waals surface area contributed by atoms with E-state index in [1.165, 1.54) is 13.8 Å². The highest BCUT2D eigenvalue weighted by atomic mass is 16.4. The second-order valence-electron chi connectivity index (χ2n) is 4.45. The topological polar surface area (TPSA) is 125 Å². The molecule has 2 rings (SSSR count). The number of aryl methyl sites for hydroxylation is 1. The Kier molecular flexibility index (Phi) is 3.84. The summed E-state index contributed by atoms with van der Waals surface area (Å²) in [4.78, 5) is 34.4. The Hall–Kier alpha value is -2.95. The quantitative estimate of drug-likeness (QED) is 0.798. The van der Waals surface area contributed by atoms with Gasteiger partial charge in [0, 0.05) is 12.8 Å². The number of anilines is 1. The molecule has 0 atom stereocenters. The number of carbonyl (C=O) groups is 3. The first kappa shape index (κ1) is 14.5. The predicted molar refractivity (Wildman–Crippen MR) is 71.6 cm³/mol. The van der Waals surface area contributed by atoms with Crippen LogP contribution in [-0.2, 0) is 9.59 Å². The average molecular weight is 288 g/mol. The molecule has 8 heteroatoms. The molecule has 8 nitrogen and oxygen atoms in total. The lowest BCUT2D eigenvalue weighted by Crippen LogP contribution is -2.32. The molecular weight excluding hydrogens is 276 g/mol. The Labute approximate surface area is 119 Å². The molecule has 1 aromatic rings. The maximum absolute atomic E-state index is 12.0. The number of hydrazone groups is 1. The van der Waals surface area contributed by atoms with Crippen LogP contribution in [0.3, 0.4) is 0 Å². The van der Waals surface area contributed by atoms with Crippen molar-refractivity contribution >= 4 is 29.2 Å². The highest BCUT2D eigenvalue weighted by Crippen LogP contribution is 2.26. The van der Waals surface area contributed by atoms with Crippen LogP contribution in [0.15, 0.2) is 9.52 Å². The zero-order chi connectivity index (χ0) is 15.6. The average Bonchev–Trinajstić information content (AvgIpc) is 2.75. The van der Waals surface area contributed by atoms with Gasteiger partial charge in [0.1, 0.15) is 23.1 Å². The monoisotopic (exact) mass is 288 g/mol. The summed E-state index contributed by atoms with van der Waals surface area (Å²) in [5.74, 6) is -1.01. The zero-order valence-electron chi connectivity index (χ0n) is 11.4. The van der Waals surface area contributed by atoms with Crippen LogP contribution in [0.4, 0.5) is 5.88 Å². The van der Waals surface area contributed by atoms with Gasteiger partial charge in [0.2, 0.25) is 11.8 Å². The van der Waals surface area contributed by atoms with Crippen LogP contribution in [0, 0.1) is 18.3 Å². The lowest BCUT2D eigenvalue weighted by Gasteiger charge is -2.10. The second kappa shape index (κ2) is 5.58. The lowest BCUT2D eigenvalue weighted by atomic mass is 10.1. The number of ketones is 1. The van der Waals surface area contributed by atoms with Crippen molar-refractivity contribution in [1.29, 1.82) is 5.26 Å². The molecule has 1 aliphatic heterocycles. The van der Waals surface area contributed by atoms with E-state index in [0.29, 0.717) is 0 Å². The minimum atomic E-state index is -0.588. The minimum absolute atomic E-state index is 0.0196. The van der Waals surface area contributed by atoms with Crippen LogP contribution in [0.1, 0.15) is 41.4 Å². The van der Waals surface area contributed by atoms with Gasteiger partial charge in [-0.05, 0) is 13.8 Å². The van der Waals surface area contributed by atoms with E-state index in [4.69, 9.17) is 9.68 Å². The van der Waals surface area contributed by atoms with Crippen LogP contribution in [0.5, 0.6) is 0 Å². The first-order valence-electron chi connectivity index (χ1n) is 6.15. The van der Waals surface area contributed by atoms with E-state index in [9.17, 15) is 14.4 Å². The van der Waals surface area contributed by atoms with E-state index in [1.54, 1.807) is 0 Å². The van der Waals surface area contributed by atoms with Crippen LogP contribution < -0.4 is 10.7 Å². The van der Waals surface area contributed by atoms with Gasteiger partial charge in [0.25, 0.3) is 5.91 Å². The number of nitrogens with one attached hydrogen (secondary N) is 2. The number of hydrogen-bond acceptors (Lipinski definition) is 6. The number of Topliss-reactive ketones (excluding diaryl/α,β-unsaturated/α-hetero) is 1.